The van der Waals surface area contributed by atoms with Gasteiger partial charge in [-0.15, -0.1) is 24.8 Å². The highest BCUT2D eigenvalue weighted by molar-refractivity contribution is 5.85. The van der Waals surface area contributed by atoms with Crippen LogP contribution in [-0.4, -0.2) is 22.6 Å². The summed E-state index contributed by atoms with van der Waals surface area (Å²) in [6.45, 7) is 0. The molecule has 2 aromatic heterocycles. The van der Waals surface area contributed by atoms with E-state index >= 15 is 0 Å². The van der Waals surface area contributed by atoms with Crippen LogP contribution in [0.5, 0.6) is 0 Å². The van der Waals surface area contributed by atoms with Gasteiger partial charge >= 0.3 is 0 Å². The van der Waals surface area contributed by atoms with E-state index in [0.717, 1.165) is 29.9 Å². The average molecular weight is 290 g/mol. The van der Waals surface area contributed by atoms with Crippen molar-refractivity contribution in [2.45, 2.75) is 24.9 Å². The van der Waals surface area contributed by atoms with Gasteiger partial charge < -0.3 is 14.9 Å². The van der Waals surface area contributed by atoms with Gasteiger partial charge in [0.2, 0.25) is 0 Å². The van der Waals surface area contributed by atoms with E-state index in [1.165, 1.54) is 0 Å². The second-order valence-corrected chi connectivity index (χ2v) is 4.42. The van der Waals surface area contributed by atoms with Crippen molar-refractivity contribution in [1.82, 2.24) is 9.38 Å². The highest BCUT2D eigenvalue weighted by Crippen LogP contribution is 2.37. The van der Waals surface area contributed by atoms with E-state index in [1.54, 1.807) is 7.11 Å². The van der Waals surface area contributed by atoms with Crippen LogP contribution in [0.3, 0.4) is 0 Å². The fourth-order valence-electron chi connectivity index (χ4n) is 2.22. The van der Waals surface area contributed by atoms with Crippen LogP contribution in [0.2, 0.25) is 0 Å². The molecule has 18 heavy (non-hydrogen) atoms. The van der Waals surface area contributed by atoms with Gasteiger partial charge in [-0.1, -0.05) is 0 Å². The maximum atomic E-state index is 5.73. The van der Waals surface area contributed by atoms with Gasteiger partial charge in [-0.05, 0) is 25.0 Å². The first kappa shape index (κ1) is 15.1. The Morgan fingerprint density at radius 3 is 2.67 bits per heavy atom. The molecule has 0 radical (unpaired) electrons. The second-order valence-electron chi connectivity index (χ2n) is 4.42. The maximum absolute atomic E-state index is 5.73. The number of hydrogen-bond acceptors (Lipinski definition) is 3. The van der Waals surface area contributed by atoms with Crippen LogP contribution in [0.15, 0.2) is 24.5 Å². The van der Waals surface area contributed by atoms with E-state index < -0.39 is 0 Å². The summed E-state index contributed by atoms with van der Waals surface area (Å²) < 4.78 is 7.27. The van der Waals surface area contributed by atoms with Gasteiger partial charge in [0.05, 0.1) is 11.8 Å². The van der Waals surface area contributed by atoms with Crippen molar-refractivity contribution in [1.29, 1.82) is 0 Å². The van der Waals surface area contributed by atoms with Crippen molar-refractivity contribution in [3.05, 3.63) is 30.2 Å². The number of methoxy groups -OCH3 is 1. The number of halogens is 2. The Morgan fingerprint density at radius 1 is 1.28 bits per heavy atom. The van der Waals surface area contributed by atoms with Crippen LogP contribution >= 0.6 is 24.8 Å². The lowest BCUT2D eigenvalue weighted by Gasteiger charge is -2.32. The normalized spacial score (nSPS) is 21.8. The first-order chi connectivity index (χ1) is 7.76. The van der Waals surface area contributed by atoms with Crippen molar-refractivity contribution in [3.8, 4) is 0 Å². The molecule has 0 spiro atoms. The quantitative estimate of drug-likeness (QED) is 0.925. The fourth-order valence-corrected chi connectivity index (χ4v) is 2.22. The van der Waals surface area contributed by atoms with E-state index in [4.69, 9.17) is 10.5 Å². The SMILES string of the molecule is COC1CC(c2cn3cc(N)ccc3n2)C1.Cl.Cl. The largest absolute Gasteiger partial charge is 0.398 e. The Labute approximate surface area is 118 Å². The molecule has 6 heteroatoms. The number of nitrogens with zero attached hydrogens (tertiary/aromatic N) is 2. The number of ether oxygens (including phenoxy) is 1. The Morgan fingerprint density at radius 2 is 2.00 bits per heavy atom. The smallest absolute Gasteiger partial charge is 0.137 e. The van der Waals surface area contributed by atoms with Gasteiger partial charge in [0.25, 0.3) is 0 Å². The number of hydrogen-bond donors (Lipinski definition) is 1. The molecule has 0 amide bonds. The predicted molar refractivity (Wildman–Crippen MR) is 76.9 cm³/mol. The standard InChI is InChI=1S/C12H15N3O.2ClH/c1-16-10-4-8(5-10)11-7-15-6-9(13)2-3-12(15)14-11;;/h2-3,6-8,10H,4-5,13H2,1H3;2*1H. The Bertz CT molecular complexity index is 523. The van der Waals surface area contributed by atoms with E-state index in [9.17, 15) is 0 Å². The van der Waals surface area contributed by atoms with Crippen LogP contribution in [-0.2, 0) is 4.74 Å². The molecular weight excluding hydrogens is 273 g/mol. The highest BCUT2D eigenvalue weighted by Gasteiger charge is 2.31. The summed E-state index contributed by atoms with van der Waals surface area (Å²) in [5.41, 5.74) is 8.61. The van der Waals surface area contributed by atoms with Gasteiger partial charge in [-0.2, -0.15) is 0 Å². The predicted octanol–water partition coefficient (Wildman–Crippen LogP) is 2.65. The monoisotopic (exact) mass is 289 g/mol. The third-order valence-corrected chi connectivity index (χ3v) is 3.34. The molecular formula is C12H17Cl2N3O. The van der Waals surface area contributed by atoms with E-state index in [-0.39, 0.29) is 24.8 Å². The Balaban J connectivity index is 0.000000810. The molecule has 1 fully saturated rings. The molecule has 0 atom stereocenters. The molecule has 0 unspecified atom stereocenters. The minimum absolute atomic E-state index is 0. The van der Waals surface area contributed by atoms with Crippen molar-refractivity contribution < 1.29 is 4.74 Å². The number of rotatable bonds is 2. The summed E-state index contributed by atoms with van der Waals surface area (Å²) in [6.07, 6.45) is 6.55. The minimum atomic E-state index is 0. The van der Waals surface area contributed by atoms with E-state index in [2.05, 4.69) is 11.2 Å². The lowest BCUT2D eigenvalue weighted by atomic mass is 9.80. The highest BCUT2D eigenvalue weighted by atomic mass is 35.5. The molecule has 0 bridgehead atoms. The van der Waals surface area contributed by atoms with Crippen molar-refractivity contribution in [2.24, 2.45) is 0 Å². The second kappa shape index (κ2) is 5.78. The van der Waals surface area contributed by atoms with Crippen LogP contribution in [0.4, 0.5) is 5.69 Å². The molecule has 3 rings (SSSR count). The van der Waals surface area contributed by atoms with Gasteiger partial charge in [-0.3, -0.25) is 0 Å². The molecule has 4 nitrogen and oxygen atoms in total. The van der Waals surface area contributed by atoms with Crippen LogP contribution in [0.25, 0.3) is 5.65 Å². The Hall–Kier alpha value is -0.970. The number of nitrogens with two attached hydrogens (primary N) is 1. The molecule has 100 valence electrons. The summed E-state index contributed by atoms with van der Waals surface area (Å²) in [7, 11) is 1.77. The van der Waals surface area contributed by atoms with E-state index in [0.29, 0.717) is 12.0 Å². The lowest BCUT2D eigenvalue weighted by Crippen LogP contribution is -2.28. The topological polar surface area (TPSA) is 52.5 Å². The van der Waals surface area contributed by atoms with Gasteiger partial charge in [0.15, 0.2) is 0 Å². The summed E-state index contributed by atoms with van der Waals surface area (Å²) >= 11 is 0. The molecule has 2 heterocycles. The van der Waals surface area contributed by atoms with Crippen LogP contribution in [0.1, 0.15) is 24.5 Å². The van der Waals surface area contributed by atoms with Crippen molar-refractivity contribution in [2.75, 3.05) is 12.8 Å². The fraction of sp³-hybridized carbons (Fsp3) is 0.417. The first-order valence-corrected chi connectivity index (χ1v) is 5.53. The third kappa shape index (κ3) is 2.55. The first-order valence-electron chi connectivity index (χ1n) is 5.53. The van der Waals surface area contributed by atoms with Crippen molar-refractivity contribution >= 4 is 36.1 Å². The van der Waals surface area contributed by atoms with Crippen molar-refractivity contribution in [3.63, 3.8) is 0 Å². The maximum Gasteiger partial charge on any atom is 0.137 e. The number of anilines is 1. The van der Waals surface area contributed by atoms with Gasteiger partial charge in [0, 0.05) is 31.1 Å². The summed E-state index contributed by atoms with van der Waals surface area (Å²) in [6, 6.07) is 3.83. The molecule has 0 saturated heterocycles. The number of aromatic nitrogens is 2. The molecule has 2 aromatic rings. The number of imidazole rings is 1. The number of fused-ring (bicyclic) bond motifs is 1. The molecule has 2 N–H and O–H groups in total. The summed E-state index contributed by atoms with van der Waals surface area (Å²) in [5, 5.41) is 0. The molecule has 1 aliphatic rings. The van der Waals surface area contributed by atoms with Gasteiger partial charge in [-0.25, -0.2) is 4.98 Å². The average Bonchev–Trinajstić information content (AvgIpc) is 2.58. The van der Waals surface area contributed by atoms with Gasteiger partial charge in [0.1, 0.15) is 5.65 Å². The molecule has 1 aliphatic carbocycles. The number of pyridine rings is 1. The number of nitrogen functional groups attached to an aromatic ring is 1. The van der Waals surface area contributed by atoms with Crippen LogP contribution in [0, 0.1) is 0 Å². The zero-order chi connectivity index (χ0) is 11.1. The Kier molecular flexibility index (Phi) is 4.85. The molecule has 0 aromatic carbocycles. The van der Waals surface area contributed by atoms with E-state index in [1.807, 2.05) is 22.7 Å². The minimum Gasteiger partial charge on any atom is -0.398 e. The molecule has 0 aliphatic heterocycles. The molecule has 1 saturated carbocycles. The summed E-state index contributed by atoms with van der Waals surface area (Å²) in [4.78, 5) is 4.60. The zero-order valence-corrected chi connectivity index (χ0v) is 11.7. The van der Waals surface area contributed by atoms with Crippen LogP contribution < -0.4 is 5.73 Å². The third-order valence-electron chi connectivity index (χ3n) is 3.34. The summed E-state index contributed by atoms with van der Waals surface area (Å²) in [5.74, 6) is 0.547. The lowest BCUT2D eigenvalue weighted by molar-refractivity contribution is 0.0249. The zero-order valence-electron chi connectivity index (χ0n) is 10.1.